The van der Waals surface area contributed by atoms with Gasteiger partial charge in [0, 0.05) is 19.0 Å². The van der Waals surface area contributed by atoms with E-state index in [1.165, 1.54) is 12.8 Å². The van der Waals surface area contributed by atoms with Crippen LogP contribution in [0.2, 0.25) is 0 Å². The van der Waals surface area contributed by atoms with Crippen LogP contribution in [0.3, 0.4) is 0 Å². The number of nitrogens with zero attached hydrogens (tertiary/aromatic N) is 3. The first kappa shape index (κ1) is 13.1. The molecule has 0 bridgehead atoms. The molecule has 1 saturated carbocycles. The molecule has 1 aromatic carbocycles. The van der Waals surface area contributed by atoms with Crippen molar-refractivity contribution < 1.29 is 4.74 Å². The Morgan fingerprint density at radius 3 is 2.90 bits per heavy atom. The van der Waals surface area contributed by atoms with Gasteiger partial charge in [0.2, 0.25) is 0 Å². The standard InChI is InChI=1S/C15H20N4O/c1-2-5-14(6-3-1)20-10-4-9-19-15(17-12-18-19)11-16-13-7-8-13/h1-3,5-6,12-13,16H,4,7-11H2. The molecular weight excluding hydrogens is 252 g/mol. The Morgan fingerprint density at radius 2 is 2.10 bits per heavy atom. The molecule has 3 rings (SSSR count). The third-order valence-electron chi connectivity index (χ3n) is 3.35. The van der Waals surface area contributed by atoms with E-state index in [0.29, 0.717) is 12.6 Å². The van der Waals surface area contributed by atoms with Crippen LogP contribution in [0.5, 0.6) is 5.75 Å². The number of hydrogen-bond donors (Lipinski definition) is 1. The summed E-state index contributed by atoms with van der Waals surface area (Å²) in [6.07, 6.45) is 5.13. The van der Waals surface area contributed by atoms with Gasteiger partial charge >= 0.3 is 0 Å². The number of rotatable bonds is 8. The third kappa shape index (κ3) is 3.81. The zero-order valence-electron chi connectivity index (χ0n) is 11.5. The second-order valence-electron chi connectivity index (χ2n) is 5.07. The molecule has 0 spiro atoms. The summed E-state index contributed by atoms with van der Waals surface area (Å²) in [6.45, 7) is 2.35. The van der Waals surface area contributed by atoms with Crippen LogP contribution in [0.25, 0.3) is 0 Å². The molecular formula is C15H20N4O. The number of aromatic nitrogens is 3. The second kappa shape index (κ2) is 6.52. The molecule has 1 N–H and O–H groups in total. The Balaban J connectivity index is 1.40. The van der Waals surface area contributed by atoms with Crippen molar-refractivity contribution in [3.63, 3.8) is 0 Å². The molecule has 20 heavy (non-hydrogen) atoms. The number of aryl methyl sites for hydroxylation is 1. The Kier molecular flexibility index (Phi) is 4.28. The summed E-state index contributed by atoms with van der Waals surface area (Å²) in [7, 11) is 0. The fourth-order valence-electron chi connectivity index (χ4n) is 2.06. The summed E-state index contributed by atoms with van der Waals surface area (Å²) in [5, 5.41) is 7.73. The van der Waals surface area contributed by atoms with Crippen molar-refractivity contribution in [2.75, 3.05) is 6.61 Å². The van der Waals surface area contributed by atoms with Crippen molar-refractivity contribution in [3.05, 3.63) is 42.5 Å². The Hall–Kier alpha value is -1.88. The maximum absolute atomic E-state index is 5.68. The van der Waals surface area contributed by atoms with E-state index in [1.54, 1.807) is 6.33 Å². The van der Waals surface area contributed by atoms with E-state index in [9.17, 15) is 0 Å². The minimum absolute atomic E-state index is 0.694. The molecule has 1 heterocycles. The topological polar surface area (TPSA) is 52.0 Å². The van der Waals surface area contributed by atoms with Crippen LogP contribution in [-0.4, -0.2) is 27.4 Å². The van der Waals surface area contributed by atoms with Crippen LogP contribution >= 0.6 is 0 Å². The van der Waals surface area contributed by atoms with Crippen molar-refractivity contribution >= 4 is 0 Å². The van der Waals surface area contributed by atoms with Crippen molar-refractivity contribution in [3.8, 4) is 5.75 Å². The molecule has 1 fully saturated rings. The maximum atomic E-state index is 5.68. The highest BCUT2D eigenvalue weighted by atomic mass is 16.5. The molecule has 1 aliphatic carbocycles. The van der Waals surface area contributed by atoms with Crippen LogP contribution < -0.4 is 10.1 Å². The van der Waals surface area contributed by atoms with Crippen molar-refractivity contribution in [2.45, 2.75) is 38.4 Å². The minimum atomic E-state index is 0.694. The summed E-state index contributed by atoms with van der Waals surface area (Å²) in [5.74, 6) is 1.93. The predicted molar refractivity (Wildman–Crippen MR) is 76.4 cm³/mol. The van der Waals surface area contributed by atoms with E-state index in [1.807, 2.05) is 35.0 Å². The van der Waals surface area contributed by atoms with Crippen LogP contribution in [0.15, 0.2) is 36.7 Å². The normalized spacial score (nSPS) is 14.4. The average molecular weight is 272 g/mol. The molecule has 0 amide bonds. The first-order valence-corrected chi connectivity index (χ1v) is 7.20. The Labute approximate surface area is 119 Å². The lowest BCUT2D eigenvalue weighted by molar-refractivity contribution is 0.297. The zero-order chi connectivity index (χ0) is 13.6. The summed E-state index contributed by atoms with van der Waals surface area (Å²) < 4.78 is 7.64. The van der Waals surface area contributed by atoms with Crippen LogP contribution in [-0.2, 0) is 13.1 Å². The van der Waals surface area contributed by atoms with Crippen molar-refractivity contribution in [2.24, 2.45) is 0 Å². The highest BCUT2D eigenvalue weighted by Gasteiger charge is 2.20. The van der Waals surface area contributed by atoms with Gasteiger partial charge in [-0.1, -0.05) is 18.2 Å². The third-order valence-corrected chi connectivity index (χ3v) is 3.35. The van der Waals surface area contributed by atoms with Gasteiger partial charge < -0.3 is 10.1 Å². The molecule has 1 aliphatic rings. The molecule has 0 aliphatic heterocycles. The molecule has 0 atom stereocenters. The average Bonchev–Trinajstić information content (AvgIpc) is 3.21. The zero-order valence-corrected chi connectivity index (χ0v) is 11.5. The van der Waals surface area contributed by atoms with Crippen LogP contribution in [0.1, 0.15) is 25.1 Å². The highest BCUT2D eigenvalue weighted by Crippen LogP contribution is 2.18. The largest absolute Gasteiger partial charge is 0.494 e. The van der Waals surface area contributed by atoms with Gasteiger partial charge in [-0.25, -0.2) is 9.67 Å². The lowest BCUT2D eigenvalue weighted by atomic mass is 10.3. The first-order chi connectivity index (χ1) is 9.92. The molecule has 2 aromatic rings. The highest BCUT2D eigenvalue weighted by molar-refractivity contribution is 5.20. The maximum Gasteiger partial charge on any atom is 0.140 e. The monoisotopic (exact) mass is 272 g/mol. The molecule has 5 nitrogen and oxygen atoms in total. The van der Waals surface area contributed by atoms with E-state index in [0.717, 1.165) is 31.1 Å². The number of ether oxygens (including phenoxy) is 1. The van der Waals surface area contributed by atoms with Gasteiger partial charge in [0.1, 0.15) is 17.9 Å². The predicted octanol–water partition coefficient (Wildman–Crippen LogP) is 2.00. The van der Waals surface area contributed by atoms with Crippen LogP contribution in [0, 0.1) is 0 Å². The smallest absolute Gasteiger partial charge is 0.140 e. The molecule has 1 aromatic heterocycles. The Morgan fingerprint density at radius 1 is 1.25 bits per heavy atom. The Bertz CT molecular complexity index is 522. The van der Waals surface area contributed by atoms with Gasteiger partial charge in [0.05, 0.1) is 13.2 Å². The van der Waals surface area contributed by atoms with Crippen LogP contribution in [0.4, 0.5) is 0 Å². The quantitative estimate of drug-likeness (QED) is 0.747. The molecule has 5 heteroatoms. The van der Waals surface area contributed by atoms with Gasteiger partial charge in [-0.2, -0.15) is 5.10 Å². The van der Waals surface area contributed by atoms with Crippen molar-refractivity contribution in [1.82, 2.24) is 20.1 Å². The summed E-state index contributed by atoms with van der Waals surface area (Å²) in [5.41, 5.74) is 0. The van der Waals surface area contributed by atoms with E-state index < -0.39 is 0 Å². The summed E-state index contributed by atoms with van der Waals surface area (Å²) in [4.78, 5) is 4.30. The summed E-state index contributed by atoms with van der Waals surface area (Å²) in [6, 6.07) is 10.6. The summed E-state index contributed by atoms with van der Waals surface area (Å²) >= 11 is 0. The van der Waals surface area contributed by atoms with E-state index >= 15 is 0 Å². The lowest BCUT2D eigenvalue weighted by Crippen LogP contribution is -2.20. The fraction of sp³-hybridized carbons (Fsp3) is 0.467. The number of benzene rings is 1. The molecule has 0 saturated heterocycles. The van der Waals surface area contributed by atoms with Gasteiger partial charge in [-0.15, -0.1) is 0 Å². The van der Waals surface area contributed by atoms with E-state index in [2.05, 4.69) is 15.4 Å². The molecule has 0 unspecified atom stereocenters. The first-order valence-electron chi connectivity index (χ1n) is 7.20. The van der Waals surface area contributed by atoms with Gasteiger partial charge in [0.25, 0.3) is 0 Å². The van der Waals surface area contributed by atoms with E-state index in [4.69, 9.17) is 4.74 Å². The fourth-order valence-corrected chi connectivity index (χ4v) is 2.06. The molecule has 0 radical (unpaired) electrons. The van der Waals surface area contributed by atoms with Gasteiger partial charge in [-0.3, -0.25) is 0 Å². The molecule has 106 valence electrons. The minimum Gasteiger partial charge on any atom is -0.494 e. The SMILES string of the molecule is c1ccc(OCCCn2ncnc2CNC2CC2)cc1. The lowest BCUT2D eigenvalue weighted by Gasteiger charge is -2.08. The second-order valence-corrected chi connectivity index (χ2v) is 5.07. The van der Waals surface area contributed by atoms with Crippen molar-refractivity contribution in [1.29, 1.82) is 0 Å². The van der Waals surface area contributed by atoms with Gasteiger partial charge in [0.15, 0.2) is 0 Å². The van der Waals surface area contributed by atoms with Gasteiger partial charge in [-0.05, 0) is 25.0 Å². The number of nitrogens with one attached hydrogen (secondary N) is 1. The number of para-hydroxylation sites is 1. The number of hydrogen-bond acceptors (Lipinski definition) is 4. The van der Waals surface area contributed by atoms with E-state index in [-0.39, 0.29) is 0 Å².